The van der Waals surface area contributed by atoms with Crippen LogP contribution in [0.4, 0.5) is 13.2 Å². The van der Waals surface area contributed by atoms with Crippen LogP contribution in [0.2, 0.25) is 0 Å². The Morgan fingerprint density at radius 3 is 2.53 bits per heavy atom. The molecule has 0 saturated heterocycles. The molecule has 0 atom stereocenters. The number of carboxylic acid groups (broad SMARTS) is 1. The average molecular weight is 294 g/mol. The molecule has 0 aliphatic heterocycles. The molecule has 1 aliphatic rings. The number of nitrogens with zero attached hydrogens (tertiary/aromatic N) is 2. The second-order valence-corrected chi connectivity index (χ2v) is 4.98. The summed E-state index contributed by atoms with van der Waals surface area (Å²) in [5.41, 5.74) is -0.337. The molecule has 1 aromatic rings. The highest BCUT2D eigenvalue weighted by Gasteiger charge is 2.41. The number of thiazole rings is 1. The molecular formula is C10H9F3N2O3S. The topological polar surface area (TPSA) is 70.5 Å². The second-order valence-electron chi connectivity index (χ2n) is 4.12. The van der Waals surface area contributed by atoms with E-state index in [0.29, 0.717) is 17.7 Å². The van der Waals surface area contributed by atoms with Crippen LogP contribution in [0.5, 0.6) is 0 Å². The predicted octanol–water partition coefficient (Wildman–Crippen LogP) is 2.01. The van der Waals surface area contributed by atoms with Gasteiger partial charge in [0.05, 0.1) is 0 Å². The number of amides is 1. The van der Waals surface area contributed by atoms with Gasteiger partial charge in [0.2, 0.25) is 0 Å². The number of halogens is 3. The zero-order valence-electron chi connectivity index (χ0n) is 9.48. The van der Waals surface area contributed by atoms with Crippen molar-refractivity contribution in [3.63, 3.8) is 0 Å². The van der Waals surface area contributed by atoms with Crippen molar-refractivity contribution in [3.05, 3.63) is 16.1 Å². The number of hydrogen-bond acceptors (Lipinski definition) is 4. The van der Waals surface area contributed by atoms with Gasteiger partial charge in [0.1, 0.15) is 6.54 Å². The van der Waals surface area contributed by atoms with E-state index in [-0.39, 0.29) is 10.7 Å². The van der Waals surface area contributed by atoms with Crippen molar-refractivity contribution in [2.24, 2.45) is 0 Å². The third-order valence-electron chi connectivity index (χ3n) is 2.50. The standard InChI is InChI=1S/C10H9F3N2O3S/c11-10(12,13)4-15(5-1-2-5)8(16)7-14-6(3-19-7)9(17)18/h3,5H,1-2,4H2,(H,17,18). The Kier molecular flexibility index (Phi) is 3.48. The van der Waals surface area contributed by atoms with Crippen LogP contribution >= 0.6 is 11.3 Å². The quantitative estimate of drug-likeness (QED) is 0.922. The Balaban J connectivity index is 2.16. The molecular weight excluding hydrogens is 285 g/mol. The van der Waals surface area contributed by atoms with Crippen LogP contribution in [0.25, 0.3) is 0 Å². The first-order valence-electron chi connectivity index (χ1n) is 5.34. The lowest BCUT2D eigenvalue weighted by Crippen LogP contribution is -2.40. The van der Waals surface area contributed by atoms with Crippen LogP contribution in [-0.2, 0) is 0 Å². The summed E-state index contributed by atoms with van der Waals surface area (Å²) >= 11 is 0.735. The molecule has 1 fully saturated rings. The molecule has 1 saturated carbocycles. The van der Waals surface area contributed by atoms with Gasteiger partial charge in [-0.25, -0.2) is 9.78 Å². The van der Waals surface area contributed by atoms with Gasteiger partial charge in [0.15, 0.2) is 10.7 Å². The molecule has 1 amide bonds. The number of hydrogen-bond donors (Lipinski definition) is 1. The van der Waals surface area contributed by atoms with Gasteiger partial charge in [-0.1, -0.05) is 0 Å². The third kappa shape index (κ3) is 3.43. The zero-order chi connectivity index (χ0) is 14.2. The fourth-order valence-corrected chi connectivity index (χ4v) is 2.29. The first-order valence-corrected chi connectivity index (χ1v) is 6.22. The van der Waals surface area contributed by atoms with Gasteiger partial charge in [-0.3, -0.25) is 4.79 Å². The summed E-state index contributed by atoms with van der Waals surface area (Å²) in [5.74, 6) is -2.18. The van der Waals surface area contributed by atoms with Gasteiger partial charge in [0.25, 0.3) is 5.91 Å². The summed E-state index contributed by atoms with van der Waals surface area (Å²) in [6, 6.07) is -0.425. The van der Waals surface area contributed by atoms with Crippen molar-refractivity contribution in [2.75, 3.05) is 6.54 Å². The van der Waals surface area contributed by atoms with E-state index in [1.165, 1.54) is 0 Å². The number of aromatic carboxylic acids is 1. The van der Waals surface area contributed by atoms with Crippen molar-refractivity contribution in [1.29, 1.82) is 0 Å². The van der Waals surface area contributed by atoms with Crippen LogP contribution in [-0.4, -0.2) is 45.6 Å². The van der Waals surface area contributed by atoms with E-state index in [1.54, 1.807) is 0 Å². The molecule has 0 spiro atoms. The van der Waals surface area contributed by atoms with E-state index in [1.807, 2.05) is 0 Å². The maximum Gasteiger partial charge on any atom is 0.406 e. The number of alkyl halides is 3. The van der Waals surface area contributed by atoms with E-state index in [9.17, 15) is 22.8 Å². The zero-order valence-corrected chi connectivity index (χ0v) is 10.3. The molecule has 2 rings (SSSR count). The van der Waals surface area contributed by atoms with E-state index in [2.05, 4.69) is 4.98 Å². The lowest BCUT2D eigenvalue weighted by atomic mass is 10.4. The Morgan fingerprint density at radius 1 is 1.47 bits per heavy atom. The largest absolute Gasteiger partial charge is 0.476 e. The fourth-order valence-electron chi connectivity index (χ4n) is 1.54. The lowest BCUT2D eigenvalue weighted by Gasteiger charge is -2.22. The maximum atomic E-state index is 12.4. The fraction of sp³-hybridized carbons (Fsp3) is 0.500. The first kappa shape index (κ1) is 13.8. The monoisotopic (exact) mass is 294 g/mol. The number of aromatic nitrogens is 1. The van der Waals surface area contributed by atoms with Crippen molar-refractivity contribution >= 4 is 23.2 Å². The van der Waals surface area contributed by atoms with E-state index in [4.69, 9.17) is 5.11 Å². The minimum Gasteiger partial charge on any atom is -0.476 e. The predicted molar refractivity (Wildman–Crippen MR) is 59.2 cm³/mol. The lowest BCUT2D eigenvalue weighted by molar-refractivity contribution is -0.141. The van der Waals surface area contributed by atoms with Crippen LogP contribution in [0, 0.1) is 0 Å². The van der Waals surface area contributed by atoms with Crippen LogP contribution in [0.15, 0.2) is 5.38 Å². The molecule has 0 unspecified atom stereocenters. The normalized spacial score (nSPS) is 15.3. The van der Waals surface area contributed by atoms with Crippen molar-refractivity contribution in [2.45, 2.75) is 25.1 Å². The van der Waals surface area contributed by atoms with Gasteiger partial charge in [0, 0.05) is 11.4 Å². The SMILES string of the molecule is O=C(O)c1csc(C(=O)N(CC(F)(F)F)C2CC2)n1. The molecule has 0 radical (unpaired) electrons. The summed E-state index contributed by atoms with van der Waals surface area (Å²) in [6.07, 6.45) is -3.43. The van der Waals surface area contributed by atoms with Crippen LogP contribution < -0.4 is 0 Å². The summed E-state index contributed by atoms with van der Waals surface area (Å²) in [7, 11) is 0. The van der Waals surface area contributed by atoms with Crippen molar-refractivity contribution in [1.82, 2.24) is 9.88 Å². The van der Waals surface area contributed by atoms with Crippen molar-refractivity contribution in [3.8, 4) is 0 Å². The van der Waals surface area contributed by atoms with Gasteiger partial charge in [-0.15, -0.1) is 11.3 Å². The Labute approximate surface area is 109 Å². The second kappa shape index (κ2) is 4.80. The third-order valence-corrected chi connectivity index (χ3v) is 3.33. The number of carbonyl (C=O) groups is 2. The summed E-state index contributed by atoms with van der Waals surface area (Å²) < 4.78 is 37.2. The number of rotatable bonds is 4. The number of carbonyl (C=O) groups excluding carboxylic acids is 1. The highest BCUT2D eigenvalue weighted by Crippen LogP contribution is 2.31. The Hall–Kier alpha value is -1.64. The molecule has 19 heavy (non-hydrogen) atoms. The average Bonchev–Trinajstić information content (AvgIpc) is 3.00. The van der Waals surface area contributed by atoms with Gasteiger partial charge >= 0.3 is 12.1 Å². The molecule has 1 N–H and O–H groups in total. The van der Waals surface area contributed by atoms with Crippen LogP contribution in [0.1, 0.15) is 33.1 Å². The molecule has 0 bridgehead atoms. The molecule has 1 heterocycles. The van der Waals surface area contributed by atoms with E-state index >= 15 is 0 Å². The molecule has 0 aromatic carbocycles. The van der Waals surface area contributed by atoms with Crippen molar-refractivity contribution < 1.29 is 27.9 Å². The van der Waals surface area contributed by atoms with Gasteiger partial charge < -0.3 is 10.0 Å². The Morgan fingerprint density at radius 2 is 2.11 bits per heavy atom. The van der Waals surface area contributed by atoms with Crippen LogP contribution in [0.3, 0.4) is 0 Å². The minimum absolute atomic E-state index is 0.228. The molecule has 104 valence electrons. The van der Waals surface area contributed by atoms with Gasteiger partial charge in [-0.2, -0.15) is 13.2 Å². The maximum absolute atomic E-state index is 12.4. The highest BCUT2D eigenvalue weighted by atomic mass is 32.1. The summed E-state index contributed by atoms with van der Waals surface area (Å²) in [4.78, 5) is 26.8. The summed E-state index contributed by atoms with van der Waals surface area (Å²) in [6.45, 7) is -1.33. The first-order chi connectivity index (χ1) is 8.78. The molecule has 9 heteroatoms. The smallest absolute Gasteiger partial charge is 0.406 e. The molecule has 5 nitrogen and oxygen atoms in total. The highest BCUT2D eigenvalue weighted by molar-refractivity contribution is 7.11. The minimum atomic E-state index is -4.48. The van der Waals surface area contributed by atoms with E-state index < -0.39 is 30.6 Å². The summed E-state index contributed by atoms with van der Waals surface area (Å²) in [5, 5.41) is 9.57. The molecule has 1 aromatic heterocycles. The van der Waals surface area contributed by atoms with E-state index in [0.717, 1.165) is 16.7 Å². The number of carboxylic acids is 1. The van der Waals surface area contributed by atoms with Gasteiger partial charge in [-0.05, 0) is 12.8 Å². The molecule has 1 aliphatic carbocycles. The Bertz CT molecular complexity index is 510.